The summed E-state index contributed by atoms with van der Waals surface area (Å²) in [4.78, 5) is 32.0. The average Bonchev–Trinajstić information content (AvgIpc) is 3.20. The molecule has 0 bridgehead atoms. The Morgan fingerprint density at radius 3 is 2.50 bits per heavy atom. The molecule has 1 saturated carbocycles. The molecule has 4 nitrogen and oxygen atoms in total. The van der Waals surface area contributed by atoms with Crippen LogP contribution in [0.1, 0.15) is 63.4 Å². The average molecular weight is 398 g/mol. The number of ketones is 1. The lowest BCUT2D eigenvalue weighted by Gasteiger charge is -2.35. The van der Waals surface area contributed by atoms with Gasteiger partial charge >= 0.3 is 5.97 Å². The van der Waals surface area contributed by atoms with Crippen LogP contribution in [-0.2, 0) is 14.3 Å². The largest absolute Gasteiger partial charge is 0.462 e. The van der Waals surface area contributed by atoms with Gasteiger partial charge in [0.05, 0.1) is 0 Å². The minimum Gasteiger partial charge on any atom is -0.462 e. The molecular weight excluding hydrogens is 370 g/mol. The van der Waals surface area contributed by atoms with Crippen molar-refractivity contribution in [2.45, 2.75) is 68.8 Å². The highest BCUT2D eigenvalue weighted by Crippen LogP contribution is 2.44. The molecule has 3 aliphatic rings. The zero-order valence-electron chi connectivity index (χ0n) is 16.6. The molecule has 0 saturated heterocycles. The van der Waals surface area contributed by atoms with Crippen molar-refractivity contribution in [3.8, 4) is 0 Å². The van der Waals surface area contributed by atoms with Crippen LogP contribution in [0.15, 0.2) is 45.4 Å². The minimum absolute atomic E-state index is 0.0113. The Balaban J connectivity index is 1.73. The lowest BCUT2D eigenvalue weighted by Crippen LogP contribution is -2.38. The molecule has 5 heteroatoms. The van der Waals surface area contributed by atoms with E-state index in [1.165, 1.54) is 4.90 Å². The standard InChI is InChI=1S/C23H27NO3S/c1-14-20(23(26)27-16-6-3-4-7-16)21(15-10-12-17(28-2)13-11-15)22-18(24-14)8-5-9-19(22)25/h10-13,16,20-21H,3-9H2,1-2H3/t20?,21-/m1/s1. The van der Waals surface area contributed by atoms with E-state index in [4.69, 9.17) is 9.73 Å². The predicted molar refractivity (Wildman–Crippen MR) is 112 cm³/mol. The van der Waals surface area contributed by atoms with Crippen LogP contribution >= 0.6 is 11.8 Å². The van der Waals surface area contributed by atoms with Crippen LogP contribution in [0.5, 0.6) is 0 Å². The first-order valence-electron chi connectivity index (χ1n) is 10.2. The van der Waals surface area contributed by atoms with Crippen LogP contribution in [0.25, 0.3) is 0 Å². The molecular formula is C23H27NO3S. The van der Waals surface area contributed by atoms with Crippen molar-refractivity contribution in [2.75, 3.05) is 6.26 Å². The van der Waals surface area contributed by atoms with E-state index in [9.17, 15) is 9.59 Å². The minimum atomic E-state index is -0.512. The van der Waals surface area contributed by atoms with Crippen molar-refractivity contribution in [3.05, 3.63) is 41.1 Å². The number of esters is 1. The van der Waals surface area contributed by atoms with Gasteiger partial charge in [0.15, 0.2) is 5.78 Å². The lowest BCUT2D eigenvalue weighted by molar-refractivity contribution is -0.151. The summed E-state index contributed by atoms with van der Waals surface area (Å²) in [5.74, 6) is -0.890. The molecule has 0 amide bonds. The Bertz CT molecular complexity index is 834. The first-order chi connectivity index (χ1) is 13.6. The molecule has 148 valence electrons. The van der Waals surface area contributed by atoms with Gasteiger partial charge in [-0.15, -0.1) is 11.8 Å². The summed E-state index contributed by atoms with van der Waals surface area (Å²) in [5, 5.41) is 0. The molecule has 1 heterocycles. The zero-order valence-corrected chi connectivity index (χ0v) is 17.4. The third-order valence-corrected chi connectivity index (χ3v) is 6.89. The van der Waals surface area contributed by atoms with Gasteiger partial charge in [0.1, 0.15) is 12.0 Å². The number of hydrogen-bond acceptors (Lipinski definition) is 5. The molecule has 1 aromatic rings. The summed E-state index contributed by atoms with van der Waals surface area (Å²) in [6.07, 6.45) is 8.34. The highest BCUT2D eigenvalue weighted by Gasteiger charge is 2.43. The van der Waals surface area contributed by atoms with E-state index in [1.807, 2.05) is 13.2 Å². The van der Waals surface area contributed by atoms with Crippen molar-refractivity contribution >= 4 is 29.2 Å². The zero-order chi connectivity index (χ0) is 19.7. The van der Waals surface area contributed by atoms with E-state index in [0.717, 1.165) is 61.1 Å². The first kappa shape index (κ1) is 19.4. The Kier molecular flexibility index (Phi) is 5.72. The number of nitrogens with zero attached hydrogens (tertiary/aromatic N) is 1. The number of carbonyl (C=O) groups is 2. The topological polar surface area (TPSA) is 55.7 Å². The maximum absolute atomic E-state index is 13.2. The van der Waals surface area contributed by atoms with Crippen LogP contribution in [0.2, 0.25) is 0 Å². The number of hydrogen-bond donors (Lipinski definition) is 0. The highest BCUT2D eigenvalue weighted by atomic mass is 32.2. The second-order valence-electron chi connectivity index (χ2n) is 7.96. The number of allylic oxidation sites excluding steroid dienone is 2. The van der Waals surface area contributed by atoms with Gasteiger partial charge in [-0.3, -0.25) is 14.6 Å². The summed E-state index contributed by atoms with van der Waals surface area (Å²) in [6.45, 7) is 1.91. The van der Waals surface area contributed by atoms with Gasteiger partial charge in [0, 0.05) is 34.2 Å². The Labute approximate surface area is 170 Å². The van der Waals surface area contributed by atoms with E-state index in [2.05, 4.69) is 24.3 Å². The fraction of sp³-hybridized carbons (Fsp3) is 0.522. The first-order valence-corrected chi connectivity index (χ1v) is 11.5. The summed E-state index contributed by atoms with van der Waals surface area (Å²) in [5.41, 5.74) is 3.39. The quantitative estimate of drug-likeness (QED) is 0.525. The van der Waals surface area contributed by atoms with Crippen molar-refractivity contribution in [1.29, 1.82) is 0 Å². The third kappa shape index (κ3) is 3.69. The van der Waals surface area contributed by atoms with E-state index in [1.54, 1.807) is 11.8 Å². The molecule has 0 spiro atoms. The van der Waals surface area contributed by atoms with Gasteiger partial charge in [0.25, 0.3) is 0 Å². The van der Waals surface area contributed by atoms with E-state index in [0.29, 0.717) is 6.42 Å². The predicted octanol–water partition coefficient (Wildman–Crippen LogP) is 5.08. The van der Waals surface area contributed by atoms with Crippen LogP contribution in [0.3, 0.4) is 0 Å². The Hall–Kier alpha value is -1.88. The summed E-state index contributed by atoms with van der Waals surface area (Å²) in [6, 6.07) is 8.23. The van der Waals surface area contributed by atoms with Crippen LogP contribution in [-0.4, -0.2) is 29.8 Å². The second-order valence-corrected chi connectivity index (χ2v) is 8.84. The van der Waals surface area contributed by atoms with Gasteiger partial charge in [-0.1, -0.05) is 12.1 Å². The number of thioether (sulfide) groups is 1. The summed E-state index contributed by atoms with van der Waals surface area (Å²) >= 11 is 1.68. The number of aliphatic imine (C=N–C) groups is 1. The van der Waals surface area contributed by atoms with Crippen molar-refractivity contribution in [2.24, 2.45) is 10.9 Å². The molecule has 0 radical (unpaired) electrons. The Morgan fingerprint density at radius 2 is 1.82 bits per heavy atom. The third-order valence-electron chi connectivity index (χ3n) is 6.15. The molecule has 1 aromatic carbocycles. The fourth-order valence-corrected chi connectivity index (χ4v) is 5.14. The molecule has 28 heavy (non-hydrogen) atoms. The molecule has 1 aliphatic heterocycles. The van der Waals surface area contributed by atoms with Gasteiger partial charge < -0.3 is 4.74 Å². The molecule has 1 fully saturated rings. The molecule has 1 unspecified atom stereocenters. The molecule has 4 rings (SSSR count). The van der Waals surface area contributed by atoms with Gasteiger partial charge in [-0.2, -0.15) is 0 Å². The van der Waals surface area contributed by atoms with Crippen molar-refractivity contribution in [1.82, 2.24) is 0 Å². The SMILES string of the molecule is CSc1ccc([C@H]2C3=C(CCCC3=O)N=C(C)C2C(=O)OC2CCCC2)cc1. The Morgan fingerprint density at radius 1 is 1.11 bits per heavy atom. The van der Waals surface area contributed by atoms with Crippen LogP contribution in [0, 0.1) is 5.92 Å². The number of rotatable bonds is 4. The smallest absolute Gasteiger partial charge is 0.315 e. The van der Waals surface area contributed by atoms with Crippen molar-refractivity contribution < 1.29 is 14.3 Å². The van der Waals surface area contributed by atoms with E-state index >= 15 is 0 Å². The summed E-state index contributed by atoms with van der Waals surface area (Å²) < 4.78 is 5.88. The number of ether oxygens (including phenoxy) is 1. The van der Waals surface area contributed by atoms with Crippen molar-refractivity contribution in [3.63, 3.8) is 0 Å². The monoisotopic (exact) mass is 397 g/mol. The van der Waals surface area contributed by atoms with E-state index < -0.39 is 5.92 Å². The van der Waals surface area contributed by atoms with E-state index in [-0.39, 0.29) is 23.8 Å². The van der Waals surface area contributed by atoms with Gasteiger partial charge in [-0.25, -0.2) is 0 Å². The number of Topliss-reactive ketones (excluding diaryl/α,β-unsaturated/α-hetero) is 1. The molecule has 0 aromatic heterocycles. The maximum Gasteiger partial charge on any atom is 0.315 e. The van der Waals surface area contributed by atoms with Crippen LogP contribution in [0.4, 0.5) is 0 Å². The maximum atomic E-state index is 13.2. The molecule has 2 aliphatic carbocycles. The van der Waals surface area contributed by atoms with Gasteiger partial charge in [-0.05, 0) is 69.4 Å². The highest BCUT2D eigenvalue weighted by molar-refractivity contribution is 7.98. The molecule has 0 N–H and O–H groups in total. The summed E-state index contributed by atoms with van der Waals surface area (Å²) in [7, 11) is 0. The molecule has 2 atom stereocenters. The number of benzene rings is 1. The lowest BCUT2D eigenvalue weighted by atomic mass is 9.72. The normalized spacial score (nSPS) is 25.5. The second kappa shape index (κ2) is 8.24. The number of carbonyl (C=O) groups excluding carboxylic acids is 2. The van der Waals surface area contributed by atoms with Crippen LogP contribution < -0.4 is 0 Å². The van der Waals surface area contributed by atoms with Gasteiger partial charge in [0.2, 0.25) is 0 Å². The fourth-order valence-electron chi connectivity index (χ4n) is 4.73.